The second-order valence-corrected chi connectivity index (χ2v) is 4.15. The summed E-state index contributed by atoms with van der Waals surface area (Å²) in [7, 11) is 1.31. The fourth-order valence-corrected chi connectivity index (χ4v) is 1.48. The summed E-state index contributed by atoms with van der Waals surface area (Å²) in [5.41, 5.74) is 0. The monoisotopic (exact) mass is 241 g/mol. The lowest BCUT2D eigenvalue weighted by atomic mass is 10.0. The van der Waals surface area contributed by atoms with Crippen molar-refractivity contribution >= 4 is 11.9 Å². The molecule has 0 heterocycles. The molecule has 4 nitrogen and oxygen atoms in total. The van der Waals surface area contributed by atoms with Crippen molar-refractivity contribution in [2.24, 2.45) is 5.92 Å². The molecule has 1 amide bonds. The van der Waals surface area contributed by atoms with E-state index < -0.39 is 12.0 Å². The van der Waals surface area contributed by atoms with Crippen LogP contribution in [0, 0.1) is 5.92 Å². The number of nitrogens with one attached hydrogen (secondary N) is 1. The van der Waals surface area contributed by atoms with Crippen molar-refractivity contribution in [1.29, 1.82) is 0 Å². The highest BCUT2D eigenvalue weighted by atomic mass is 16.5. The number of carbonyl (C=O) groups excluding carboxylic acids is 2. The second kappa shape index (κ2) is 8.79. The smallest absolute Gasteiger partial charge is 0.328 e. The molecule has 1 N–H and O–H groups in total. The van der Waals surface area contributed by atoms with E-state index in [0.29, 0.717) is 6.42 Å². The fourth-order valence-electron chi connectivity index (χ4n) is 1.48. The number of methoxy groups -OCH3 is 1. The Morgan fingerprint density at radius 1 is 1.47 bits per heavy atom. The van der Waals surface area contributed by atoms with Crippen LogP contribution >= 0.6 is 0 Å². The lowest BCUT2D eigenvalue weighted by Crippen LogP contribution is -2.43. The van der Waals surface area contributed by atoms with Crippen molar-refractivity contribution in [3.63, 3.8) is 0 Å². The predicted octanol–water partition coefficient (Wildman–Crippen LogP) is 2.05. The molecule has 0 aliphatic rings. The number of hydrogen-bond donors (Lipinski definition) is 1. The maximum Gasteiger partial charge on any atom is 0.328 e. The number of ether oxygens (including phenoxy) is 1. The van der Waals surface area contributed by atoms with Crippen LogP contribution in [0.25, 0.3) is 0 Å². The first-order chi connectivity index (χ1) is 8.06. The molecular weight excluding hydrogens is 218 g/mol. The van der Waals surface area contributed by atoms with Crippen LogP contribution in [0.1, 0.15) is 39.5 Å². The topological polar surface area (TPSA) is 55.4 Å². The van der Waals surface area contributed by atoms with Gasteiger partial charge >= 0.3 is 5.97 Å². The van der Waals surface area contributed by atoms with Gasteiger partial charge in [-0.3, -0.25) is 4.79 Å². The Morgan fingerprint density at radius 2 is 2.12 bits per heavy atom. The van der Waals surface area contributed by atoms with Crippen molar-refractivity contribution in [3.8, 4) is 0 Å². The van der Waals surface area contributed by atoms with E-state index in [1.54, 1.807) is 6.08 Å². The Hall–Kier alpha value is -1.32. The van der Waals surface area contributed by atoms with Crippen molar-refractivity contribution < 1.29 is 14.3 Å². The number of unbranched alkanes of at least 4 members (excludes halogenated alkanes) is 1. The van der Waals surface area contributed by atoms with Gasteiger partial charge in [-0.2, -0.15) is 0 Å². The van der Waals surface area contributed by atoms with Crippen LogP contribution in [0.4, 0.5) is 0 Å². The Balaban J connectivity index is 4.28. The zero-order valence-corrected chi connectivity index (χ0v) is 11.0. The SMILES string of the molecule is C=CCC(NC(=O)C(C)CCCC)C(=O)OC. The van der Waals surface area contributed by atoms with Gasteiger partial charge in [0.05, 0.1) is 7.11 Å². The number of hydrogen-bond acceptors (Lipinski definition) is 3. The van der Waals surface area contributed by atoms with Gasteiger partial charge in [0, 0.05) is 5.92 Å². The predicted molar refractivity (Wildman–Crippen MR) is 67.4 cm³/mol. The van der Waals surface area contributed by atoms with Gasteiger partial charge in [-0.1, -0.05) is 32.8 Å². The molecule has 0 rings (SSSR count). The number of rotatable bonds is 8. The molecule has 0 saturated heterocycles. The average molecular weight is 241 g/mol. The molecule has 0 aromatic rings. The molecule has 2 unspecified atom stereocenters. The third-order valence-electron chi connectivity index (χ3n) is 2.64. The average Bonchev–Trinajstić information content (AvgIpc) is 2.34. The number of esters is 1. The van der Waals surface area contributed by atoms with Crippen molar-refractivity contribution in [2.75, 3.05) is 7.11 Å². The van der Waals surface area contributed by atoms with Crippen LogP contribution in [-0.4, -0.2) is 25.0 Å². The quantitative estimate of drug-likeness (QED) is 0.522. The van der Waals surface area contributed by atoms with E-state index in [2.05, 4.69) is 23.6 Å². The van der Waals surface area contributed by atoms with Gasteiger partial charge in [0.2, 0.25) is 5.91 Å². The molecular formula is C13H23NO3. The minimum atomic E-state index is -0.617. The van der Waals surface area contributed by atoms with Crippen molar-refractivity contribution in [2.45, 2.75) is 45.6 Å². The summed E-state index contributed by atoms with van der Waals surface area (Å²) in [6.45, 7) is 7.51. The molecule has 0 spiro atoms. The van der Waals surface area contributed by atoms with Gasteiger partial charge in [-0.25, -0.2) is 4.79 Å². The highest BCUT2D eigenvalue weighted by molar-refractivity contribution is 5.85. The van der Waals surface area contributed by atoms with Gasteiger partial charge in [-0.15, -0.1) is 6.58 Å². The lowest BCUT2D eigenvalue weighted by Gasteiger charge is -2.17. The van der Waals surface area contributed by atoms with Crippen LogP contribution in [-0.2, 0) is 14.3 Å². The second-order valence-electron chi connectivity index (χ2n) is 4.15. The first kappa shape index (κ1) is 15.7. The lowest BCUT2D eigenvalue weighted by molar-refractivity contribution is -0.145. The maximum absolute atomic E-state index is 11.8. The molecule has 2 atom stereocenters. The van der Waals surface area contributed by atoms with E-state index in [-0.39, 0.29) is 11.8 Å². The Kier molecular flexibility index (Phi) is 8.11. The van der Waals surface area contributed by atoms with E-state index in [0.717, 1.165) is 19.3 Å². The molecule has 0 radical (unpaired) electrons. The Morgan fingerprint density at radius 3 is 2.59 bits per heavy atom. The first-order valence-electron chi connectivity index (χ1n) is 6.05. The van der Waals surface area contributed by atoms with Crippen LogP contribution in [0.15, 0.2) is 12.7 Å². The van der Waals surface area contributed by atoms with Gasteiger partial charge in [0.25, 0.3) is 0 Å². The van der Waals surface area contributed by atoms with Crippen LogP contribution in [0.2, 0.25) is 0 Å². The molecule has 0 aliphatic heterocycles. The summed E-state index contributed by atoms with van der Waals surface area (Å²) in [5, 5.41) is 2.69. The Bertz CT molecular complexity index is 263. The molecule has 0 fully saturated rings. The van der Waals surface area contributed by atoms with Crippen LogP contribution in [0.5, 0.6) is 0 Å². The highest BCUT2D eigenvalue weighted by Gasteiger charge is 2.22. The molecule has 17 heavy (non-hydrogen) atoms. The van der Waals surface area contributed by atoms with E-state index in [1.165, 1.54) is 7.11 Å². The van der Waals surface area contributed by atoms with Crippen LogP contribution in [0.3, 0.4) is 0 Å². The third kappa shape index (κ3) is 6.09. The molecule has 0 aliphatic carbocycles. The summed E-state index contributed by atoms with van der Waals surface area (Å²) in [4.78, 5) is 23.2. The van der Waals surface area contributed by atoms with E-state index >= 15 is 0 Å². The van der Waals surface area contributed by atoms with Crippen molar-refractivity contribution in [3.05, 3.63) is 12.7 Å². The Labute approximate surface area is 103 Å². The van der Waals surface area contributed by atoms with Gasteiger partial charge in [0.15, 0.2) is 0 Å². The molecule has 4 heteroatoms. The van der Waals surface area contributed by atoms with E-state index in [9.17, 15) is 9.59 Å². The zero-order valence-electron chi connectivity index (χ0n) is 11.0. The summed E-state index contributed by atoms with van der Waals surface area (Å²) in [5.74, 6) is -0.608. The summed E-state index contributed by atoms with van der Waals surface area (Å²) < 4.78 is 4.63. The van der Waals surface area contributed by atoms with Crippen molar-refractivity contribution in [1.82, 2.24) is 5.32 Å². The minimum Gasteiger partial charge on any atom is -0.467 e. The zero-order chi connectivity index (χ0) is 13.3. The standard InChI is InChI=1S/C13H23NO3/c1-5-7-9-10(3)12(15)14-11(8-6-2)13(16)17-4/h6,10-11H,2,5,7-9H2,1,3-4H3,(H,14,15). The minimum absolute atomic E-state index is 0.0769. The number of carbonyl (C=O) groups is 2. The summed E-state index contributed by atoms with van der Waals surface area (Å²) in [6, 6.07) is -0.617. The van der Waals surface area contributed by atoms with Gasteiger partial charge < -0.3 is 10.1 Å². The summed E-state index contributed by atoms with van der Waals surface area (Å²) >= 11 is 0. The van der Waals surface area contributed by atoms with E-state index in [1.807, 2.05) is 6.92 Å². The van der Waals surface area contributed by atoms with Gasteiger partial charge in [-0.05, 0) is 12.8 Å². The third-order valence-corrected chi connectivity index (χ3v) is 2.64. The van der Waals surface area contributed by atoms with Gasteiger partial charge in [0.1, 0.15) is 6.04 Å². The largest absolute Gasteiger partial charge is 0.467 e. The maximum atomic E-state index is 11.8. The van der Waals surface area contributed by atoms with E-state index in [4.69, 9.17) is 0 Å². The molecule has 0 aromatic carbocycles. The molecule has 0 saturated carbocycles. The molecule has 98 valence electrons. The fraction of sp³-hybridized carbons (Fsp3) is 0.692. The molecule has 0 aromatic heterocycles. The normalized spacial score (nSPS) is 13.6. The molecule has 0 bridgehead atoms. The highest BCUT2D eigenvalue weighted by Crippen LogP contribution is 2.08. The van der Waals surface area contributed by atoms with Crippen LogP contribution < -0.4 is 5.32 Å². The summed E-state index contributed by atoms with van der Waals surface area (Å²) in [6.07, 6.45) is 4.89. The number of amides is 1. The first-order valence-corrected chi connectivity index (χ1v) is 6.05.